The molecule has 0 heterocycles. The number of halogens is 2. The van der Waals surface area contributed by atoms with Gasteiger partial charge in [0.25, 0.3) is 0 Å². The molecule has 0 N–H and O–H groups in total. The number of rotatable bonds is 11. The molecule has 0 aliphatic rings. The van der Waals surface area contributed by atoms with Gasteiger partial charge in [-0.25, -0.2) is 18.4 Å². The van der Waals surface area contributed by atoms with Crippen molar-refractivity contribution in [2.75, 3.05) is 0 Å². The maximum absolute atomic E-state index is 13.2. The van der Waals surface area contributed by atoms with Crippen LogP contribution in [0.4, 0.5) is 8.78 Å². The van der Waals surface area contributed by atoms with Gasteiger partial charge in [0.15, 0.2) is 11.6 Å². The summed E-state index contributed by atoms with van der Waals surface area (Å²) >= 11 is 0. The lowest BCUT2D eigenvalue weighted by Crippen LogP contribution is -2.09. The summed E-state index contributed by atoms with van der Waals surface area (Å²) in [4.78, 5) is 23.9. The van der Waals surface area contributed by atoms with Crippen molar-refractivity contribution in [3.8, 4) is 11.5 Å². The number of benzene rings is 2. The molecule has 4 nitrogen and oxygen atoms in total. The molecule has 6 heteroatoms. The summed E-state index contributed by atoms with van der Waals surface area (Å²) in [6, 6.07) is 8.59. The number of carbonyl (C=O) groups is 2. The molecular formula is C24H26F2O4. The first-order chi connectivity index (χ1) is 14.5. The van der Waals surface area contributed by atoms with E-state index in [0.29, 0.717) is 0 Å². The summed E-state index contributed by atoms with van der Waals surface area (Å²) in [5.74, 6) is -3.18. The van der Waals surface area contributed by atoms with Crippen LogP contribution in [0.3, 0.4) is 0 Å². The van der Waals surface area contributed by atoms with E-state index < -0.39 is 23.6 Å². The van der Waals surface area contributed by atoms with Crippen LogP contribution in [0.15, 0.2) is 54.6 Å². The molecule has 2 rings (SSSR count). The third-order valence-electron chi connectivity index (χ3n) is 4.39. The lowest BCUT2D eigenvalue weighted by atomic mass is 10.1. The van der Waals surface area contributed by atoms with Crippen molar-refractivity contribution in [3.05, 3.63) is 71.8 Å². The average Bonchev–Trinajstić information content (AvgIpc) is 2.73. The van der Waals surface area contributed by atoms with Gasteiger partial charge < -0.3 is 9.47 Å². The molecule has 0 amide bonds. The van der Waals surface area contributed by atoms with Gasteiger partial charge in [0.2, 0.25) is 0 Å². The average molecular weight is 416 g/mol. The van der Waals surface area contributed by atoms with Gasteiger partial charge in [0.05, 0.1) is 5.56 Å². The fourth-order valence-corrected chi connectivity index (χ4v) is 2.74. The minimum atomic E-state index is -1.10. The van der Waals surface area contributed by atoms with Crippen LogP contribution >= 0.6 is 0 Å². The molecule has 0 aliphatic carbocycles. The number of carbonyl (C=O) groups excluding carboxylic acids is 2. The van der Waals surface area contributed by atoms with Crippen molar-refractivity contribution in [1.29, 1.82) is 0 Å². The van der Waals surface area contributed by atoms with Gasteiger partial charge in [-0.2, -0.15) is 0 Å². The summed E-state index contributed by atoms with van der Waals surface area (Å²) < 4.78 is 36.3. The highest BCUT2D eigenvalue weighted by Crippen LogP contribution is 2.18. The van der Waals surface area contributed by atoms with Gasteiger partial charge in [-0.3, -0.25) is 0 Å². The third-order valence-corrected chi connectivity index (χ3v) is 4.39. The topological polar surface area (TPSA) is 52.6 Å². The first-order valence-corrected chi connectivity index (χ1v) is 10.1. The Balaban J connectivity index is 1.76. The molecule has 0 aliphatic heterocycles. The van der Waals surface area contributed by atoms with E-state index in [1.54, 1.807) is 6.08 Å². The Hall–Kier alpha value is -3.02. The van der Waals surface area contributed by atoms with Gasteiger partial charge in [0.1, 0.15) is 11.5 Å². The molecule has 0 bridgehead atoms. The summed E-state index contributed by atoms with van der Waals surface area (Å²) in [5.41, 5.74) is 0.179. The van der Waals surface area contributed by atoms with E-state index in [9.17, 15) is 18.4 Å². The largest absolute Gasteiger partial charge is 0.423 e. The second kappa shape index (κ2) is 12.5. The maximum atomic E-state index is 13.2. The number of hydrogen-bond donors (Lipinski definition) is 0. The van der Waals surface area contributed by atoms with Crippen LogP contribution in [0, 0.1) is 11.6 Å². The van der Waals surface area contributed by atoms with Crippen LogP contribution in [-0.4, -0.2) is 11.9 Å². The lowest BCUT2D eigenvalue weighted by Gasteiger charge is -2.06. The molecular weight excluding hydrogens is 390 g/mol. The zero-order valence-electron chi connectivity index (χ0n) is 17.0. The third kappa shape index (κ3) is 8.15. The summed E-state index contributed by atoms with van der Waals surface area (Å²) in [5, 5.41) is 0. The van der Waals surface area contributed by atoms with Crippen molar-refractivity contribution in [2.45, 2.75) is 51.9 Å². The summed E-state index contributed by atoms with van der Waals surface area (Å²) in [6.45, 7) is 2.18. The quantitative estimate of drug-likeness (QED) is 0.184. The van der Waals surface area contributed by atoms with E-state index >= 15 is 0 Å². The van der Waals surface area contributed by atoms with Gasteiger partial charge in [-0.1, -0.05) is 45.1 Å². The van der Waals surface area contributed by atoms with E-state index in [2.05, 4.69) is 6.92 Å². The van der Waals surface area contributed by atoms with E-state index in [-0.39, 0.29) is 17.1 Å². The van der Waals surface area contributed by atoms with Gasteiger partial charge in [0, 0.05) is 12.1 Å². The number of hydrogen-bond acceptors (Lipinski definition) is 4. The van der Waals surface area contributed by atoms with Crippen molar-refractivity contribution in [3.63, 3.8) is 0 Å². The van der Waals surface area contributed by atoms with Crippen LogP contribution in [0.5, 0.6) is 11.5 Å². The van der Waals surface area contributed by atoms with E-state index in [0.717, 1.165) is 37.5 Å². The predicted octanol–water partition coefficient (Wildman–Crippen LogP) is 6.40. The van der Waals surface area contributed by atoms with Crippen LogP contribution in [0.1, 0.15) is 62.2 Å². The van der Waals surface area contributed by atoms with Gasteiger partial charge in [-0.15, -0.1) is 0 Å². The molecule has 0 radical (unpaired) electrons. The smallest absolute Gasteiger partial charge is 0.343 e. The van der Waals surface area contributed by atoms with Crippen molar-refractivity contribution in [1.82, 2.24) is 0 Å². The van der Waals surface area contributed by atoms with Gasteiger partial charge >= 0.3 is 11.9 Å². The molecule has 0 fully saturated rings. The molecule has 0 unspecified atom stereocenters. The van der Waals surface area contributed by atoms with Crippen molar-refractivity contribution >= 4 is 11.9 Å². The number of ether oxygens (including phenoxy) is 2. The van der Waals surface area contributed by atoms with Crippen LogP contribution in [0.25, 0.3) is 0 Å². The minimum Gasteiger partial charge on any atom is -0.423 e. The van der Waals surface area contributed by atoms with E-state index in [4.69, 9.17) is 9.47 Å². The molecule has 0 saturated carbocycles. The summed E-state index contributed by atoms with van der Waals surface area (Å²) in [7, 11) is 0. The molecule has 30 heavy (non-hydrogen) atoms. The molecule has 0 atom stereocenters. The first kappa shape index (κ1) is 23.3. The lowest BCUT2D eigenvalue weighted by molar-refractivity contribution is -0.129. The van der Waals surface area contributed by atoms with E-state index in [1.807, 2.05) is 0 Å². The molecule has 0 aromatic heterocycles. The highest BCUT2D eigenvalue weighted by Gasteiger charge is 2.11. The zero-order valence-corrected chi connectivity index (χ0v) is 17.0. The number of unbranched alkanes of at least 4 members (excludes halogenated alkanes) is 6. The molecule has 2 aromatic rings. The van der Waals surface area contributed by atoms with Crippen molar-refractivity contribution < 1.29 is 27.8 Å². The van der Waals surface area contributed by atoms with E-state index in [1.165, 1.54) is 56.0 Å². The first-order valence-electron chi connectivity index (χ1n) is 10.1. The van der Waals surface area contributed by atoms with Crippen LogP contribution < -0.4 is 9.47 Å². The van der Waals surface area contributed by atoms with Gasteiger partial charge in [-0.05, 0) is 49.2 Å². The predicted molar refractivity (Wildman–Crippen MR) is 111 cm³/mol. The van der Waals surface area contributed by atoms with Crippen LogP contribution in [0.2, 0.25) is 0 Å². The fourth-order valence-electron chi connectivity index (χ4n) is 2.74. The SMILES string of the molecule is CCCCCCCC/C=C/C(=O)Oc1ccc(C(=O)Oc2ccc(F)c(F)c2)cc1. The Morgan fingerprint density at radius 2 is 1.50 bits per heavy atom. The standard InChI is InChI=1S/C24H26F2O4/c1-2-3-4-5-6-7-8-9-10-23(27)29-19-13-11-18(12-14-19)24(28)30-20-15-16-21(25)22(26)17-20/h9-17H,2-8H2,1H3/b10-9+. The fraction of sp³-hybridized carbons (Fsp3) is 0.333. The Bertz CT molecular complexity index is 860. The Kier molecular flexibility index (Phi) is 9.71. The number of allylic oxidation sites excluding steroid dienone is 1. The normalized spacial score (nSPS) is 10.9. The highest BCUT2D eigenvalue weighted by molar-refractivity contribution is 5.91. The van der Waals surface area contributed by atoms with Crippen LogP contribution in [-0.2, 0) is 4.79 Å². The molecule has 160 valence electrons. The molecule has 0 spiro atoms. The zero-order chi connectivity index (χ0) is 21.8. The molecule has 2 aromatic carbocycles. The highest BCUT2D eigenvalue weighted by atomic mass is 19.2. The summed E-state index contributed by atoms with van der Waals surface area (Å²) in [6.07, 6.45) is 11.2. The molecule has 0 saturated heterocycles. The second-order valence-electron chi connectivity index (χ2n) is 6.87. The van der Waals surface area contributed by atoms with Crippen molar-refractivity contribution in [2.24, 2.45) is 0 Å². The Morgan fingerprint density at radius 1 is 0.833 bits per heavy atom. The maximum Gasteiger partial charge on any atom is 0.343 e. The monoisotopic (exact) mass is 416 g/mol. The minimum absolute atomic E-state index is 0.107. The Morgan fingerprint density at radius 3 is 2.20 bits per heavy atom. The second-order valence-corrected chi connectivity index (χ2v) is 6.87. The number of esters is 2. The Labute approximate surface area is 175 Å².